The van der Waals surface area contributed by atoms with Gasteiger partial charge in [-0.2, -0.15) is 0 Å². The normalized spacial score (nSPS) is 15.9. The van der Waals surface area contributed by atoms with E-state index in [0.717, 1.165) is 18.1 Å². The molecule has 3 nitrogen and oxygen atoms in total. The van der Waals surface area contributed by atoms with E-state index in [4.69, 9.17) is 4.74 Å². The van der Waals surface area contributed by atoms with Gasteiger partial charge in [0.2, 0.25) is 5.91 Å². The number of ether oxygens (including phenoxy) is 1. The molecule has 104 valence electrons. The topological polar surface area (TPSA) is 29.5 Å². The lowest BCUT2D eigenvalue weighted by Crippen LogP contribution is -2.36. The van der Waals surface area contributed by atoms with Crippen molar-refractivity contribution in [2.75, 3.05) is 14.2 Å². The van der Waals surface area contributed by atoms with Crippen molar-refractivity contribution in [3.05, 3.63) is 29.8 Å². The molecule has 1 aromatic rings. The zero-order chi connectivity index (χ0) is 13.8. The SMILES string of the molecule is COc1ccc(CCC(=O)N(C)C(C)C2CC2)cc1. The molecule has 1 amide bonds. The maximum absolute atomic E-state index is 12.1. The third kappa shape index (κ3) is 3.72. The summed E-state index contributed by atoms with van der Waals surface area (Å²) in [6, 6.07) is 8.32. The minimum Gasteiger partial charge on any atom is -0.497 e. The van der Waals surface area contributed by atoms with Crippen molar-refractivity contribution in [1.82, 2.24) is 4.90 Å². The van der Waals surface area contributed by atoms with Gasteiger partial charge in [-0.15, -0.1) is 0 Å². The number of methoxy groups -OCH3 is 1. The van der Waals surface area contributed by atoms with Crippen molar-refractivity contribution in [2.45, 2.75) is 38.6 Å². The van der Waals surface area contributed by atoms with E-state index in [1.165, 1.54) is 18.4 Å². The second-order valence-electron chi connectivity index (χ2n) is 5.43. The highest BCUT2D eigenvalue weighted by atomic mass is 16.5. The highest BCUT2D eigenvalue weighted by molar-refractivity contribution is 5.76. The van der Waals surface area contributed by atoms with Gasteiger partial charge in [-0.1, -0.05) is 12.1 Å². The van der Waals surface area contributed by atoms with E-state index in [1.807, 2.05) is 36.2 Å². The maximum atomic E-state index is 12.1. The number of hydrogen-bond donors (Lipinski definition) is 0. The van der Waals surface area contributed by atoms with Crippen LogP contribution in [0.15, 0.2) is 24.3 Å². The van der Waals surface area contributed by atoms with Crippen LogP contribution in [0.1, 0.15) is 31.7 Å². The molecule has 1 atom stereocenters. The summed E-state index contributed by atoms with van der Waals surface area (Å²) in [5.41, 5.74) is 1.18. The molecule has 1 unspecified atom stereocenters. The van der Waals surface area contributed by atoms with E-state index in [9.17, 15) is 4.79 Å². The third-order valence-electron chi connectivity index (χ3n) is 4.10. The smallest absolute Gasteiger partial charge is 0.222 e. The van der Waals surface area contributed by atoms with Gasteiger partial charge in [0.25, 0.3) is 0 Å². The molecule has 1 fully saturated rings. The minimum absolute atomic E-state index is 0.246. The number of carbonyl (C=O) groups excluding carboxylic acids is 1. The number of amides is 1. The standard InChI is InChI=1S/C16H23NO2/c1-12(14-7-8-14)17(2)16(18)11-6-13-4-9-15(19-3)10-5-13/h4-5,9-10,12,14H,6-8,11H2,1-3H3. The van der Waals surface area contributed by atoms with Crippen molar-refractivity contribution in [3.63, 3.8) is 0 Å². The summed E-state index contributed by atoms with van der Waals surface area (Å²) in [5, 5.41) is 0. The molecule has 0 saturated heterocycles. The first kappa shape index (κ1) is 13.9. The molecule has 0 aliphatic heterocycles. The van der Waals surface area contributed by atoms with Gasteiger partial charge < -0.3 is 9.64 Å². The number of hydrogen-bond acceptors (Lipinski definition) is 2. The van der Waals surface area contributed by atoms with Gasteiger partial charge in [0, 0.05) is 19.5 Å². The first-order valence-corrected chi connectivity index (χ1v) is 7.00. The molecule has 0 spiro atoms. The highest BCUT2D eigenvalue weighted by Crippen LogP contribution is 2.34. The predicted molar refractivity (Wildman–Crippen MR) is 76.3 cm³/mol. The van der Waals surface area contributed by atoms with Crippen LogP contribution >= 0.6 is 0 Å². The zero-order valence-corrected chi connectivity index (χ0v) is 12.1. The van der Waals surface area contributed by atoms with Gasteiger partial charge in [-0.25, -0.2) is 0 Å². The first-order chi connectivity index (χ1) is 9.11. The maximum Gasteiger partial charge on any atom is 0.222 e. The molecule has 3 heteroatoms. The van der Waals surface area contributed by atoms with Crippen LogP contribution in [0.3, 0.4) is 0 Å². The third-order valence-corrected chi connectivity index (χ3v) is 4.10. The van der Waals surface area contributed by atoms with Crippen LogP contribution in [0.2, 0.25) is 0 Å². The second-order valence-corrected chi connectivity index (χ2v) is 5.43. The molecule has 19 heavy (non-hydrogen) atoms. The summed E-state index contributed by atoms with van der Waals surface area (Å²) >= 11 is 0. The quantitative estimate of drug-likeness (QED) is 0.788. The second kappa shape index (κ2) is 6.09. The Bertz CT molecular complexity index is 423. The molecular weight excluding hydrogens is 238 g/mol. The summed E-state index contributed by atoms with van der Waals surface area (Å²) in [5.74, 6) is 1.83. The minimum atomic E-state index is 0.246. The Balaban J connectivity index is 1.81. The summed E-state index contributed by atoms with van der Waals surface area (Å²) in [6.45, 7) is 2.16. The van der Waals surface area contributed by atoms with Crippen LogP contribution in [-0.4, -0.2) is 31.0 Å². The summed E-state index contributed by atoms with van der Waals surface area (Å²) in [4.78, 5) is 14.0. The fraction of sp³-hybridized carbons (Fsp3) is 0.562. The molecule has 1 aliphatic rings. The predicted octanol–water partition coefficient (Wildman–Crippen LogP) is 2.88. The van der Waals surface area contributed by atoms with E-state index in [1.54, 1.807) is 7.11 Å². The molecule has 0 N–H and O–H groups in total. The van der Waals surface area contributed by atoms with Crippen LogP contribution < -0.4 is 4.74 Å². The highest BCUT2D eigenvalue weighted by Gasteiger charge is 2.32. The van der Waals surface area contributed by atoms with Crippen LogP contribution in [0.4, 0.5) is 0 Å². The Labute approximate surface area is 115 Å². The average Bonchev–Trinajstić information content (AvgIpc) is 3.28. The Morgan fingerprint density at radius 1 is 1.37 bits per heavy atom. The molecule has 0 radical (unpaired) electrons. The van der Waals surface area contributed by atoms with Crippen molar-refractivity contribution >= 4 is 5.91 Å². The van der Waals surface area contributed by atoms with Gasteiger partial charge >= 0.3 is 0 Å². The lowest BCUT2D eigenvalue weighted by Gasteiger charge is -2.25. The number of carbonyl (C=O) groups is 1. The Morgan fingerprint density at radius 3 is 2.53 bits per heavy atom. The van der Waals surface area contributed by atoms with Gasteiger partial charge in [0.15, 0.2) is 0 Å². The monoisotopic (exact) mass is 261 g/mol. The number of rotatable bonds is 6. The van der Waals surface area contributed by atoms with Crippen molar-refractivity contribution in [2.24, 2.45) is 5.92 Å². The largest absolute Gasteiger partial charge is 0.497 e. The lowest BCUT2D eigenvalue weighted by molar-refractivity contribution is -0.132. The van der Waals surface area contributed by atoms with Gasteiger partial charge in [0.1, 0.15) is 5.75 Å². The molecular formula is C16H23NO2. The molecule has 1 aliphatic carbocycles. The lowest BCUT2D eigenvalue weighted by atomic mass is 10.1. The van der Waals surface area contributed by atoms with Crippen molar-refractivity contribution < 1.29 is 9.53 Å². The molecule has 0 heterocycles. The summed E-state index contributed by atoms with van der Waals surface area (Å²) < 4.78 is 5.12. The molecule has 0 bridgehead atoms. The van der Waals surface area contributed by atoms with Crippen molar-refractivity contribution in [1.29, 1.82) is 0 Å². The van der Waals surface area contributed by atoms with Crippen molar-refractivity contribution in [3.8, 4) is 5.75 Å². The molecule has 1 aromatic carbocycles. The Kier molecular flexibility index (Phi) is 4.46. The molecule has 0 aromatic heterocycles. The van der Waals surface area contributed by atoms with Gasteiger partial charge in [-0.05, 0) is 49.8 Å². The molecule has 1 saturated carbocycles. The fourth-order valence-electron chi connectivity index (χ4n) is 2.34. The molecule has 2 rings (SSSR count). The van der Waals surface area contributed by atoms with E-state index in [0.29, 0.717) is 12.5 Å². The van der Waals surface area contributed by atoms with E-state index >= 15 is 0 Å². The summed E-state index contributed by atoms with van der Waals surface area (Å²) in [7, 11) is 3.59. The number of nitrogens with zero attached hydrogens (tertiary/aromatic N) is 1. The number of benzene rings is 1. The van der Waals surface area contributed by atoms with E-state index < -0.39 is 0 Å². The van der Waals surface area contributed by atoms with Gasteiger partial charge in [-0.3, -0.25) is 4.79 Å². The van der Waals surface area contributed by atoms with E-state index in [-0.39, 0.29) is 5.91 Å². The Hall–Kier alpha value is -1.51. The van der Waals surface area contributed by atoms with Crippen LogP contribution in [0.25, 0.3) is 0 Å². The zero-order valence-electron chi connectivity index (χ0n) is 12.1. The van der Waals surface area contributed by atoms with Crippen LogP contribution in [0, 0.1) is 5.92 Å². The summed E-state index contributed by atoms with van der Waals surface area (Å²) in [6.07, 6.45) is 3.93. The van der Waals surface area contributed by atoms with Crippen LogP contribution in [0.5, 0.6) is 5.75 Å². The Morgan fingerprint density at radius 2 is 2.00 bits per heavy atom. The van der Waals surface area contributed by atoms with Gasteiger partial charge in [0.05, 0.1) is 7.11 Å². The number of aryl methyl sites for hydroxylation is 1. The van der Waals surface area contributed by atoms with Crippen LogP contribution in [-0.2, 0) is 11.2 Å². The average molecular weight is 261 g/mol. The van der Waals surface area contributed by atoms with E-state index in [2.05, 4.69) is 6.92 Å². The fourth-order valence-corrected chi connectivity index (χ4v) is 2.34. The first-order valence-electron chi connectivity index (χ1n) is 7.00.